The summed E-state index contributed by atoms with van der Waals surface area (Å²) in [7, 11) is 0. The van der Waals surface area contributed by atoms with Gasteiger partial charge in [0.15, 0.2) is 0 Å². The Morgan fingerprint density at radius 2 is 1.76 bits per heavy atom. The van der Waals surface area contributed by atoms with E-state index in [4.69, 9.17) is 15.2 Å². The van der Waals surface area contributed by atoms with E-state index in [-0.39, 0.29) is 23.6 Å². The average molecular weight is 356 g/mol. The number of alkyl halides is 3. The molecule has 1 atom stereocenters. The van der Waals surface area contributed by atoms with Gasteiger partial charge in [0.2, 0.25) is 5.95 Å². The summed E-state index contributed by atoms with van der Waals surface area (Å²) < 4.78 is 43.6. The van der Waals surface area contributed by atoms with Gasteiger partial charge < -0.3 is 9.64 Å². The second-order valence-corrected chi connectivity index (χ2v) is 5.43. The Bertz CT molecular complexity index is 707. The molecule has 0 saturated carbocycles. The molecule has 0 aliphatic carbocycles. The Kier molecular flexibility index (Phi) is 4.75. The number of anilines is 2. The van der Waals surface area contributed by atoms with Crippen LogP contribution in [0.25, 0.3) is 0 Å². The first-order chi connectivity index (χ1) is 11.9. The second kappa shape index (κ2) is 6.82. The van der Waals surface area contributed by atoms with Gasteiger partial charge in [-0.3, -0.25) is 10.4 Å². The zero-order chi connectivity index (χ0) is 18.0. The highest BCUT2D eigenvalue weighted by molar-refractivity contribution is 5.43. The topological polar surface area (TPSA) is 82.0 Å². The number of rotatable bonds is 3. The number of hydrogen-bond acceptors (Lipinski definition) is 7. The summed E-state index contributed by atoms with van der Waals surface area (Å²) >= 11 is 0. The number of nitrogens with zero attached hydrogens (tertiary/aromatic N) is 4. The first-order valence-corrected chi connectivity index (χ1v) is 7.38. The van der Waals surface area contributed by atoms with E-state index in [1.165, 1.54) is 24.5 Å². The second-order valence-electron chi connectivity index (χ2n) is 5.43. The van der Waals surface area contributed by atoms with Crippen molar-refractivity contribution in [3.63, 3.8) is 0 Å². The lowest BCUT2D eigenvalue weighted by molar-refractivity contribution is -0.137. The summed E-state index contributed by atoms with van der Waals surface area (Å²) in [5.74, 6) is 0.318. The molecule has 0 bridgehead atoms. The lowest BCUT2D eigenvalue weighted by atomic mass is 10.0. The van der Waals surface area contributed by atoms with E-state index in [0.29, 0.717) is 24.7 Å². The fraction of sp³-hybridized carbons (Fsp3) is 0.333. The number of aromatic nitrogens is 2. The average Bonchev–Trinajstić information content (AvgIpc) is 2.61. The quantitative estimate of drug-likeness (QED) is 0.818. The molecule has 134 valence electrons. The first-order valence-electron chi connectivity index (χ1n) is 7.38. The molecule has 1 aromatic heterocycles. The highest BCUT2D eigenvalue weighted by Crippen LogP contribution is 2.32. The van der Waals surface area contributed by atoms with Crippen LogP contribution in [0.1, 0.15) is 17.2 Å². The highest BCUT2D eigenvalue weighted by Gasteiger charge is 2.31. The zero-order valence-corrected chi connectivity index (χ0v) is 12.9. The molecule has 0 amide bonds. The maximum Gasteiger partial charge on any atom is 0.416 e. The van der Waals surface area contributed by atoms with Crippen LogP contribution in [0.15, 0.2) is 36.7 Å². The minimum atomic E-state index is -4.39. The Balaban J connectivity index is 1.85. The SMILES string of the molecule is ON(O)c1cnc(N2CCOC[C@@H]2c2ccc(C(F)(F)F)cc2)nc1. The predicted molar refractivity (Wildman–Crippen MR) is 80.4 cm³/mol. The van der Waals surface area contributed by atoms with Crippen LogP contribution in [0.5, 0.6) is 0 Å². The lowest BCUT2D eigenvalue weighted by Crippen LogP contribution is -2.40. The van der Waals surface area contributed by atoms with Crippen LogP contribution in [0.4, 0.5) is 24.8 Å². The Hall–Kier alpha value is -2.43. The van der Waals surface area contributed by atoms with Crippen molar-refractivity contribution < 1.29 is 28.3 Å². The Labute approximate surface area is 140 Å². The fourth-order valence-corrected chi connectivity index (χ4v) is 2.58. The standard InChI is InChI=1S/C15H15F3N4O3/c16-15(17,18)11-3-1-10(2-4-11)13-9-25-6-5-21(13)14-19-7-12(8-20-14)22(23)24/h1-4,7-8,13,23-24H,5-6,9H2/t13-/m1/s1. The summed E-state index contributed by atoms with van der Waals surface area (Å²) in [4.78, 5) is 9.95. The van der Waals surface area contributed by atoms with Gasteiger partial charge in [-0.05, 0) is 17.7 Å². The highest BCUT2D eigenvalue weighted by atomic mass is 19.4. The molecule has 2 aromatic rings. The number of benzene rings is 1. The van der Waals surface area contributed by atoms with Gasteiger partial charge >= 0.3 is 6.18 Å². The summed E-state index contributed by atoms with van der Waals surface area (Å²) in [5, 5.41) is 17.8. The number of halogens is 3. The van der Waals surface area contributed by atoms with Gasteiger partial charge in [0.25, 0.3) is 0 Å². The molecular weight excluding hydrogens is 341 g/mol. The van der Waals surface area contributed by atoms with Crippen molar-refractivity contribution in [1.29, 1.82) is 0 Å². The van der Waals surface area contributed by atoms with Gasteiger partial charge in [0.05, 0.1) is 37.2 Å². The van der Waals surface area contributed by atoms with Crippen molar-refractivity contribution in [3.8, 4) is 0 Å². The number of hydrogen-bond donors (Lipinski definition) is 2. The van der Waals surface area contributed by atoms with Gasteiger partial charge in [0.1, 0.15) is 5.69 Å². The molecule has 25 heavy (non-hydrogen) atoms. The van der Waals surface area contributed by atoms with Crippen LogP contribution in [-0.2, 0) is 10.9 Å². The molecule has 10 heteroatoms. The minimum Gasteiger partial charge on any atom is -0.377 e. The predicted octanol–water partition coefficient (Wildman–Crippen LogP) is 2.66. The summed E-state index contributed by atoms with van der Waals surface area (Å²) in [6.45, 7) is 1.16. The molecule has 2 N–H and O–H groups in total. The van der Waals surface area contributed by atoms with E-state index in [0.717, 1.165) is 12.1 Å². The minimum absolute atomic E-state index is 0.0110. The summed E-state index contributed by atoms with van der Waals surface area (Å²) in [6, 6.07) is 4.53. The van der Waals surface area contributed by atoms with Crippen molar-refractivity contribution in [3.05, 3.63) is 47.8 Å². The monoisotopic (exact) mass is 356 g/mol. The van der Waals surface area contributed by atoms with Crippen LogP contribution >= 0.6 is 0 Å². The molecule has 3 rings (SSSR count). The van der Waals surface area contributed by atoms with Crippen molar-refractivity contribution in [2.24, 2.45) is 0 Å². The van der Waals surface area contributed by atoms with Crippen LogP contribution < -0.4 is 10.1 Å². The molecule has 7 nitrogen and oxygen atoms in total. The van der Waals surface area contributed by atoms with Gasteiger partial charge in [0, 0.05) is 6.54 Å². The van der Waals surface area contributed by atoms with Gasteiger partial charge in [-0.1, -0.05) is 12.1 Å². The van der Waals surface area contributed by atoms with Crippen molar-refractivity contribution >= 4 is 11.6 Å². The normalized spacial score (nSPS) is 18.3. The van der Waals surface area contributed by atoms with E-state index in [1.54, 1.807) is 4.90 Å². The van der Waals surface area contributed by atoms with Crippen LogP contribution in [-0.4, -0.2) is 40.1 Å². The third-order valence-electron chi connectivity index (χ3n) is 3.86. The van der Waals surface area contributed by atoms with E-state index in [9.17, 15) is 13.2 Å². The van der Waals surface area contributed by atoms with Crippen molar-refractivity contribution in [2.75, 3.05) is 29.9 Å². The van der Waals surface area contributed by atoms with Crippen molar-refractivity contribution in [1.82, 2.24) is 9.97 Å². The maximum atomic E-state index is 12.7. The van der Waals surface area contributed by atoms with Crippen molar-refractivity contribution in [2.45, 2.75) is 12.2 Å². The Morgan fingerprint density at radius 1 is 1.12 bits per heavy atom. The molecule has 1 fully saturated rings. The molecule has 1 aliphatic heterocycles. The van der Waals surface area contributed by atoms with E-state index >= 15 is 0 Å². The molecule has 1 aromatic carbocycles. The molecule has 1 saturated heterocycles. The van der Waals surface area contributed by atoms with Gasteiger partial charge in [-0.2, -0.15) is 13.2 Å². The number of ether oxygens (including phenoxy) is 1. The fourth-order valence-electron chi connectivity index (χ4n) is 2.58. The summed E-state index contributed by atoms with van der Waals surface area (Å²) in [6.07, 6.45) is -1.94. The summed E-state index contributed by atoms with van der Waals surface area (Å²) in [5.41, 5.74) is -0.0828. The van der Waals surface area contributed by atoms with Crippen LogP contribution in [0.2, 0.25) is 0 Å². The molecule has 0 spiro atoms. The molecule has 0 unspecified atom stereocenters. The lowest BCUT2D eigenvalue weighted by Gasteiger charge is -2.36. The van der Waals surface area contributed by atoms with Crippen LogP contribution in [0.3, 0.4) is 0 Å². The Morgan fingerprint density at radius 3 is 2.32 bits per heavy atom. The first kappa shape index (κ1) is 17.4. The molecular formula is C15H15F3N4O3. The zero-order valence-electron chi connectivity index (χ0n) is 12.9. The largest absolute Gasteiger partial charge is 0.416 e. The number of morpholine rings is 1. The molecule has 1 aliphatic rings. The van der Waals surface area contributed by atoms with E-state index in [1.807, 2.05) is 0 Å². The third-order valence-corrected chi connectivity index (χ3v) is 3.86. The van der Waals surface area contributed by atoms with Crippen LogP contribution in [0, 0.1) is 0 Å². The smallest absolute Gasteiger partial charge is 0.377 e. The van der Waals surface area contributed by atoms with E-state index in [2.05, 4.69) is 9.97 Å². The third kappa shape index (κ3) is 3.81. The van der Waals surface area contributed by atoms with E-state index < -0.39 is 11.7 Å². The van der Waals surface area contributed by atoms with Gasteiger partial charge in [-0.15, -0.1) is 5.23 Å². The van der Waals surface area contributed by atoms with Gasteiger partial charge in [-0.25, -0.2) is 9.97 Å². The maximum absolute atomic E-state index is 12.7. The molecule has 0 radical (unpaired) electrons. The molecule has 2 heterocycles.